The van der Waals surface area contributed by atoms with E-state index in [0.29, 0.717) is 17.8 Å². The first-order chi connectivity index (χ1) is 16.6. The summed E-state index contributed by atoms with van der Waals surface area (Å²) in [6.07, 6.45) is 28.0. The largest absolute Gasteiger partial charge is 0.481 e. The molecule has 190 valence electrons. The fourth-order valence-electron chi connectivity index (χ4n) is 7.15. The molecule has 2 heteroatoms. The van der Waals surface area contributed by atoms with Gasteiger partial charge < -0.3 is 5.11 Å². The Morgan fingerprint density at radius 2 is 1.59 bits per heavy atom. The van der Waals surface area contributed by atoms with Crippen LogP contribution >= 0.6 is 0 Å². The molecule has 0 radical (unpaired) electrons. The summed E-state index contributed by atoms with van der Waals surface area (Å²) in [5.74, 6) is -0.323. The van der Waals surface area contributed by atoms with Crippen molar-refractivity contribution in [1.82, 2.24) is 0 Å². The number of aliphatic carboxylic acids is 1. The second kappa shape index (κ2) is 14.1. The highest BCUT2D eigenvalue weighted by molar-refractivity contribution is 5.67. The van der Waals surface area contributed by atoms with Crippen LogP contribution in [0.2, 0.25) is 0 Å². The molecule has 2 fully saturated rings. The van der Waals surface area contributed by atoms with E-state index in [9.17, 15) is 9.90 Å². The fraction of sp³-hybridized carbons (Fsp3) is 0.719. The van der Waals surface area contributed by atoms with Gasteiger partial charge in [-0.15, -0.1) is 0 Å². The van der Waals surface area contributed by atoms with Crippen LogP contribution in [0.25, 0.3) is 0 Å². The highest BCUT2D eigenvalue weighted by atomic mass is 16.4. The molecule has 2 nitrogen and oxygen atoms in total. The van der Waals surface area contributed by atoms with Gasteiger partial charge in [0.1, 0.15) is 0 Å². The monoisotopic (exact) mass is 466 g/mol. The molecule has 1 spiro atoms. The van der Waals surface area contributed by atoms with Crippen LogP contribution in [-0.2, 0) is 10.2 Å². The third kappa shape index (κ3) is 8.28. The predicted octanol–water partition coefficient (Wildman–Crippen LogP) is 9.63. The molecular weight excluding hydrogens is 416 g/mol. The summed E-state index contributed by atoms with van der Waals surface area (Å²) >= 11 is 0. The first-order valence-corrected chi connectivity index (χ1v) is 14.5. The van der Waals surface area contributed by atoms with E-state index in [1.165, 1.54) is 102 Å². The van der Waals surface area contributed by atoms with Gasteiger partial charge >= 0.3 is 5.97 Å². The van der Waals surface area contributed by atoms with Gasteiger partial charge in [0.2, 0.25) is 0 Å². The zero-order valence-electron chi connectivity index (χ0n) is 21.9. The van der Waals surface area contributed by atoms with Crippen LogP contribution < -0.4 is 0 Å². The van der Waals surface area contributed by atoms with Gasteiger partial charge in [0.15, 0.2) is 0 Å². The SMILES string of the molecule is CCCCCCC=CCCCCCC(CC(=O)O)CC1(c2ccccc2)CCC2(CCCC2)C1. The zero-order chi connectivity index (χ0) is 24.1. The van der Waals surface area contributed by atoms with E-state index >= 15 is 0 Å². The number of unbranched alkanes of at least 4 members (excludes halogenated alkanes) is 7. The molecule has 0 heterocycles. The molecule has 2 atom stereocenters. The maximum atomic E-state index is 11.8. The van der Waals surface area contributed by atoms with Crippen molar-refractivity contribution in [2.45, 2.75) is 134 Å². The molecule has 1 N–H and O–H groups in total. The van der Waals surface area contributed by atoms with E-state index in [-0.39, 0.29) is 5.41 Å². The van der Waals surface area contributed by atoms with Gasteiger partial charge in [0.25, 0.3) is 0 Å². The topological polar surface area (TPSA) is 37.3 Å². The minimum Gasteiger partial charge on any atom is -0.481 e. The van der Waals surface area contributed by atoms with Gasteiger partial charge in [-0.1, -0.05) is 94.4 Å². The predicted molar refractivity (Wildman–Crippen MR) is 144 cm³/mol. The molecular formula is C32H50O2. The van der Waals surface area contributed by atoms with E-state index < -0.39 is 5.97 Å². The molecule has 1 aromatic rings. The molecule has 0 aliphatic heterocycles. The van der Waals surface area contributed by atoms with Crippen molar-refractivity contribution in [3.63, 3.8) is 0 Å². The molecule has 34 heavy (non-hydrogen) atoms. The fourth-order valence-corrected chi connectivity index (χ4v) is 7.15. The van der Waals surface area contributed by atoms with Crippen LogP contribution in [-0.4, -0.2) is 11.1 Å². The Kier molecular flexibility index (Phi) is 11.2. The quantitative estimate of drug-likeness (QED) is 0.194. The molecule has 2 aliphatic carbocycles. The Balaban J connectivity index is 1.51. The van der Waals surface area contributed by atoms with Crippen LogP contribution in [0.15, 0.2) is 42.5 Å². The van der Waals surface area contributed by atoms with E-state index in [1.54, 1.807) is 0 Å². The summed E-state index contributed by atoms with van der Waals surface area (Å²) in [6, 6.07) is 11.1. The summed E-state index contributed by atoms with van der Waals surface area (Å²) in [7, 11) is 0. The van der Waals surface area contributed by atoms with Crippen LogP contribution in [0.4, 0.5) is 0 Å². The number of hydrogen-bond acceptors (Lipinski definition) is 1. The molecule has 0 aromatic heterocycles. The Bertz CT molecular complexity index is 731. The Labute approximate surface area is 209 Å². The first kappa shape index (κ1) is 27.0. The number of carboxylic acid groups (broad SMARTS) is 1. The molecule has 0 bridgehead atoms. The lowest BCUT2D eigenvalue weighted by Crippen LogP contribution is -2.29. The van der Waals surface area contributed by atoms with Crippen molar-refractivity contribution in [2.24, 2.45) is 11.3 Å². The summed E-state index contributed by atoms with van der Waals surface area (Å²) in [6.45, 7) is 2.26. The molecule has 3 rings (SSSR count). The maximum Gasteiger partial charge on any atom is 0.303 e. The second-order valence-electron chi connectivity index (χ2n) is 11.7. The third-order valence-electron chi connectivity index (χ3n) is 8.91. The average Bonchev–Trinajstić information content (AvgIpc) is 3.45. The Morgan fingerprint density at radius 1 is 0.912 bits per heavy atom. The summed E-state index contributed by atoms with van der Waals surface area (Å²) in [4.78, 5) is 11.8. The Hall–Kier alpha value is -1.57. The summed E-state index contributed by atoms with van der Waals surface area (Å²) < 4.78 is 0. The molecule has 0 saturated heterocycles. The highest BCUT2D eigenvalue weighted by Crippen LogP contribution is 2.60. The van der Waals surface area contributed by atoms with Crippen LogP contribution in [0.1, 0.15) is 134 Å². The van der Waals surface area contributed by atoms with Gasteiger partial charge in [0.05, 0.1) is 0 Å². The number of allylic oxidation sites excluding steroid dienone is 2. The van der Waals surface area contributed by atoms with Crippen molar-refractivity contribution in [3.8, 4) is 0 Å². The lowest BCUT2D eigenvalue weighted by atomic mass is 9.68. The number of hydrogen-bond donors (Lipinski definition) is 1. The van der Waals surface area contributed by atoms with Gasteiger partial charge in [-0.25, -0.2) is 0 Å². The minimum atomic E-state index is -0.618. The Morgan fingerprint density at radius 3 is 2.24 bits per heavy atom. The van der Waals surface area contributed by atoms with Crippen LogP contribution in [0.3, 0.4) is 0 Å². The van der Waals surface area contributed by atoms with Gasteiger partial charge in [-0.05, 0) is 92.9 Å². The summed E-state index contributed by atoms with van der Waals surface area (Å²) in [5.41, 5.74) is 2.19. The van der Waals surface area contributed by atoms with E-state index in [0.717, 1.165) is 19.3 Å². The van der Waals surface area contributed by atoms with Crippen molar-refractivity contribution >= 4 is 5.97 Å². The van der Waals surface area contributed by atoms with Crippen molar-refractivity contribution in [3.05, 3.63) is 48.0 Å². The number of carboxylic acids is 1. The number of rotatable bonds is 16. The second-order valence-corrected chi connectivity index (χ2v) is 11.7. The normalized spacial score (nSPS) is 22.6. The molecule has 1 aromatic carbocycles. The lowest BCUT2D eigenvalue weighted by Gasteiger charge is -2.36. The highest BCUT2D eigenvalue weighted by Gasteiger charge is 2.50. The molecule has 2 saturated carbocycles. The molecule has 0 amide bonds. The first-order valence-electron chi connectivity index (χ1n) is 14.5. The molecule has 2 unspecified atom stereocenters. The van der Waals surface area contributed by atoms with Gasteiger partial charge in [-0.3, -0.25) is 4.79 Å². The van der Waals surface area contributed by atoms with Crippen LogP contribution in [0.5, 0.6) is 0 Å². The van der Waals surface area contributed by atoms with Crippen molar-refractivity contribution in [2.75, 3.05) is 0 Å². The minimum absolute atomic E-state index is 0.187. The van der Waals surface area contributed by atoms with Crippen molar-refractivity contribution in [1.29, 1.82) is 0 Å². The standard InChI is InChI=1S/C32H50O2/c1-2-3-4-5-6-7-8-9-10-11-13-18-28(25-30(33)34)26-32(29-19-14-12-15-20-29)24-23-31(27-32)21-16-17-22-31/h7-8,12,14-15,19-20,28H,2-6,9-11,13,16-18,21-27H2,1H3,(H,33,34). The zero-order valence-corrected chi connectivity index (χ0v) is 21.9. The number of benzene rings is 1. The van der Waals surface area contributed by atoms with E-state index in [2.05, 4.69) is 49.4 Å². The third-order valence-corrected chi connectivity index (χ3v) is 8.91. The molecule has 2 aliphatic rings. The van der Waals surface area contributed by atoms with Gasteiger partial charge in [-0.2, -0.15) is 0 Å². The van der Waals surface area contributed by atoms with Crippen molar-refractivity contribution < 1.29 is 9.90 Å². The van der Waals surface area contributed by atoms with Gasteiger partial charge in [0, 0.05) is 6.42 Å². The summed E-state index contributed by atoms with van der Waals surface area (Å²) in [5, 5.41) is 9.69. The van der Waals surface area contributed by atoms with Crippen LogP contribution in [0, 0.1) is 11.3 Å². The number of carbonyl (C=O) groups is 1. The average molecular weight is 467 g/mol. The lowest BCUT2D eigenvalue weighted by molar-refractivity contribution is -0.138. The smallest absolute Gasteiger partial charge is 0.303 e. The maximum absolute atomic E-state index is 11.8. The van der Waals surface area contributed by atoms with E-state index in [4.69, 9.17) is 0 Å². The van der Waals surface area contributed by atoms with E-state index in [1.807, 2.05) is 0 Å².